The summed E-state index contributed by atoms with van der Waals surface area (Å²) in [4.78, 5) is 19.3. The first-order valence-electron chi connectivity index (χ1n) is 10.1. The van der Waals surface area contributed by atoms with Crippen LogP contribution in [-0.4, -0.2) is 44.8 Å². The van der Waals surface area contributed by atoms with Gasteiger partial charge in [-0.3, -0.25) is 9.36 Å². The number of carbonyl (C=O) groups is 1. The van der Waals surface area contributed by atoms with E-state index in [2.05, 4.69) is 31.5 Å². The van der Waals surface area contributed by atoms with Gasteiger partial charge in [-0.15, -0.1) is 10.2 Å². The molecule has 1 fully saturated rings. The van der Waals surface area contributed by atoms with Gasteiger partial charge in [-0.2, -0.15) is 5.26 Å². The fraction of sp³-hybridized carbons (Fsp3) is 0.381. The summed E-state index contributed by atoms with van der Waals surface area (Å²) < 4.78 is 1.81. The van der Waals surface area contributed by atoms with E-state index in [0.29, 0.717) is 30.4 Å². The second-order valence-electron chi connectivity index (χ2n) is 7.39. The van der Waals surface area contributed by atoms with Crippen molar-refractivity contribution in [3.63, 3.8) is 0 Å². The number of amides is 1. The average molecular weight is 404 g/mol. The molecule has 0 saturated carbocycles. The third-order valence-corrected chi connectivity index (χ3v) is 5.34. The Morgan fingerprint density at radius 3 is 2.97 bits per heavy atom. The number of anilines is 1. The van der Waals surface area contributed by atoms with E-state index in [-0.39, 0.29) is 24.3 Å². The first-order valence-corrected chi connectivity index (χ1v) is 10.1. The average Bonchev–Trinajstić information content (AvgIpc) is 3.21. The Morgan fingerprint density at radius 2 is 2.20 bits per heavy atom. The van der Waals surface area contributed by atoms with Gasteiger partial charge in [0, 0.05) is 31.1 Å². The fourth-order valence-electron chi connectivity index (χ4n) is 3.89. The van der Waals surface area contributed by atoms with Crippen molar-refractivity contribution in [3.8, 4) is 6.07 Å². The lowest BCUT2D eigenvalue weighted by Crippen LogP contribution is -2.44. The Balaban J connectivity index is 1.55. The Hall–Kier alpha value is -3.51. The molecule has 0 bridgehead atoms. The van der Waals surface area contributed by atoms with E-state index in [4.69, 9.17) is 5.73 Å². The summed E-state index contributed by atoms with van der Waals surface area (Å²) in [6.45, 7) is 4.27. The van der Waals surface area contributed by atoms with Gasteiger partial charge in [0.25, 0.3) is 5.91 Å². The van der Waals surface area contributed by atoms with E-state index in [1.54, 1.807) is 6.07 Å². The number of hydrogen-bond acceptors (Lipinski definition) is 7. The molecule has 154 valence electrons. The molecule has 0 aliphatic carbocycles. The van der Waals surface area contributed by atoms with Crippen LogP contribution in [0, 0.1) is 11.3 Å². The maximum Gasteiger partial charge on any atom is 0.289 e. The summed E-state index contributed by atoms with van der Waals surface area (Å²) in [7, 11) is 0. The Labute approximate surface area is 174 Å². The maximum atomic E-state index is 12.9. The van der Waals surface area contributed by atoms with Crippen molar-refractivity contribution in [2.75, 3.05) is 18.0 Å². The zero-order valence-corrected chi connectivity index (χ0v) is 16.9. The molecule has 0 radical (unpaired) electrons. The quantitative estimate of drug-likeness (QED) is 0.661. The zero-order valence-electron chi connectivity index (χ0n) is 16.9. The molecule has 1 saturated heterocycles. The summed E-state index contributed by atoms with van der Waals surface area (Å²) in [6.07, 6.45) is 1.99. The highest BCUT2D eigenvalue weighted by molar-refractivity contribution is 5.91. The predicted octanol–water partition coefficient (Wildman–Crippen LogP) is 1.58. The number of benzene rings is 1. The van der Waals surface area contributed by atoms with Gasteiger partial charge in [-0.05, 0) is 31.2 Å². The van der Waals surface area contributed by atoms with E-state index in [0.717, 1.165) is 30.2 Å². The van der Waals surface area contributed by atoms with Crippen LogP contribution in [0.15, 0.2) is 30.3 Å². The summed E-state index contributed by atoms with van der Waals surface area (Å²) in [5.74, 6) is 0.602. The second-order valence-corrected chi connectivity index (χ2v) is 7.39. The number of nitrogens with zero attached hydrogens (tertiary/aromatic N) is 6. The highest BCUT2D eigenvalue weighted by Gasteiger charge is 2.25. The first kappa shape index (κ1) is 19.8. The zero-order chi connectivity index (χ0) is 21.1. The van der Waals surface area contributed by atoms with E-state index >= 15 is 0 Å². The van der Waals surface area contributed by atoms with Gasteiger partial charge in [0.05, 0.1) is 12.2 Å². The van der Waals surface area contributed by atoms with Crippen LogP contribution in [0.25, 0.3) is 10.8 Å². The standard InChI is InChI=1S/C21H24N8O/c1-2-29-19(26-27-21(29)28-9-5-7-15(23)13-28)20(30)24-12-18-17-8-4-3-6-14(17)10-16(11-22)25-18/h3-4,6,8,10,15H,2,5,7,9,12-13,23H2,1H3,(H,24,30). The van der Waals surface area contributed by atoms with E-state index in [9.17, 15) is 10.1 Å². The van der Waals surface area contributed by atoms with Crippen molar-refractivity contribution < 1.29 is 4.79 Å². The van der Waals surface area contributed by atoms with Gasteiger partial charge in [-0.1, -0.05) is 24.3 Å². The highest BCUT2D eigenvalue weighted by atomic mass is 16.2. The van der Waals surface area contributed by atoms with Gasteiger partial charge in [0.15, 0.2) is 0 Å². The molecule has 1 aliphatic heterocycles. The molecule has 1 unspecified atom stereocenters. The normalized spacial score (nSPS) is 16.4. The molecule has 9 nitrogen and oxygen atoms in total. The van der Waals surface area contributed by atoms with Crippen molar-refractivity contribution in [2.45, 2.75) is 38.9 Å². The number of piperidine rings is 1. The van der Waals surface area contributed by atoms with Gasteiger partial charge >= 0.3 is 0 Å². The molecule has 3 heterocycles. The van der Waals surface area contributed by atoms with E-state index < -0.39 is 0 Å². The monoisotopic (exact) mass is 404 g/mol. The minimum absolute atomic E-state index is 0.102. The molecule has 1 aliphatic rings. The van der Waals surface area contributed by atoms with Gasteiger partial charge < -0.3 is 16.0 Å². The largest absolute Gasteiger partial charge is 0.344 e. The van der Waals surface area contributed by atoms with Crippen molar-refractivity contribution >= 4 is 22.6 Å². The van der Waals surface area contributed by atoms with Gasteiger partial charge in [-0.25, -0.2) is 4.98 Å². The number of hydrogen-bond donors (Lipinski definition) is 2. The molecule has 4 rings (SSSR count). The lowest BCUT2D eigenvalue weighted by molar-refractivity contribution is 0.0935. The summed E-state index contributed by atoms with van der Waals surface area (Å²) in [5, 5.41) is 22.4. The summed E-state index contributed by atoms with van der Waals surface area (Å²) >= 11 is 0. The highest BCUT2D eigenvalue weighted by Crippen LogP contribution is 2.20. The molecular formula is C21H24N8O. The SMILES string of the molecule is CCn1c(C(=O)NCc2nc(C#N)cc3ccccc23)nnc1N1CCCC(N)C1. The fourth-order valence-corrected chi connectivity index (χ4v) is 3.89. The minimum atomic E-state index is -0.329. The smallest absolute Gasteiger partial charge is 0.289 e. The molecule has 3 N–H and O–H groups in total. The number of rotatable bonds is 5. The van der Waals surface area contributed by atoms with E-state index in [1.165, 1.54) is 0 Å². The van der Waals surface area contributed by atoms with Crippen LogP contribution in [0.3, 0.4) is 0 Å². The van der Waals surface area contributed by atoms with Crippen LogP contribution >= 0.6 is 0 Å². The van der Waals surface area contributed by atoms with Crippen LogP contribution in [0.1, 0.15) is 41.8 Å². The number of fused-ring (bicyclic) bond motifs is 1. The van der Waals surface area contributed by atoms with Crippen LogP contribution in [0.5, 0.6) is 0 Å². The number of carbonyl (C=O) groups excluding carboxylic acids is 1. The minimum Gasteiger partial charge on any atom is -0.344 e. The molecule has 1 amide bonds. The maximum absolute atomic E-state index is 12.9. The Morgan fingerprint density at radius 1 is 1.37 bits per heavy atom. The van der Waals surface area contributed by atoms with Crippen molar-refractivity contribution in [1.29, 1.82) is 5.26 Å². The van der Waals surface area contributed by atoms with Crippen LogP contribution in [-0.2, 0) is 13.1 Å². The lowest BCUT2D eigenvalue weighted by atomic mass is 10.1. The second kappa shape index (κ2) is 8.47. The number of nitrogens with two attached hydrogens (primary N) is 1. The Bertz CT molecular complexity index is 1120. The number of pyridine rings is 1. The van der Waals surface area contributed by atoms with Crippen molar-refractivity contribution in [1.82, 2.24) is 25.1 Å². The molecule has 2 aromatic heterocycles. The lowest BCUT2D eigenvalue weighted by Gasteiger charge is -2.31. The third kappa shape index (κ3) is 3.82. The van der Waals surface area contributed by atoms with Crippen molar-refractivity contribution in [3.05, 3.63) is 47.5 Å². The third-order valence-electron chi connectivity index (χ3n) is 5.34. The van der Waals surface area contributed by atoms with Crippen LogP contribution in [0.4, 0.5) is 5.95 Å². The number of nitrogens with one attached hydrogen (secondary N) is 1. The number of aromatic nitrogens is 4. The van der Waals surface area contributed by atoms with Crippen LogP contribution < -0.4 is 16.0 Å². The van der Waals surface area contributed by atoms with Crippen LogP contribution in [0.2, 0.25) is 0 Å². The predicted molar refractivity (Wildman–Crippen MR) is 113 cm³/mol. The van der Waals surface area contributed by atoms with Gasteiger partial charge in [0.2, 0.25) is 11.8 Å². The molecule has 1 atom stereocenters. The first-order chi connectivity index (χ1) is 14.6. The molecule has 30 heavy (non-hydrogen) atoms. The van der Waals surface area contributed by atoms with E-state index in [1.807, 2.05) is 35.8 Å². The topological polar surface area (TPSA) is 126 Å². The molecule has 3 aromatic rings. The van der Waals surface area contributed by atoms with Gasteiger partial charge in [0.1, 0.15) is 11.8 Å². The molecule has 0 spiro atoms. The molecule has 1 aromatic carbocycles. The Kier molecular flexibility index (Phi) is 5.59. The summed E-state index contributed by atoms with van der Waals surface area (Å²) in [6, 6.07) is 11.6. The molecular weight excluding hydrogens is 380 g/mol. The van der Waals surface area contributed by atoms with Crippen molar-refractivity contribution in [2.24, 2.45) is 5.73 Å². The number of nitriles is 1. The molecule has 9 heteroatoms. The summed E-state index contributed by atoms with van der Waals surface area (Å²) in [5.41, 5.74) is 7.05.